The summed E-state index contributed by atoms with van der Waals surface area (Å²) >= 11 is 1.29. The summed E-state index contributed by atoms with van der Waals surface area (Å²) in [6.45, 7) is 0. The van der Waals surface area contributed by atoms with E-state index in [4.69, 9.17) is 14.7 Å². The van der Waals surface area contributed by atoms with Crippen LogP contribution in [-0.2, 0) is 12.8 Å². The minimum Gasteiger partial charge on any atom is -0.497 e. The first-order valence-corrected chi connectivity index (χ1v) is 10.0. The van der Waals surface area contributed by atoms with Gasteiger partial charge in [0.15, 0.2) is 5.82 Å². The van der Waals surface area contributed by atoms with Crippen molar-refractivity contribution in [3.05, 3.63) is 79.9 Å². The third kappa shape index (κ3) is 3.88. The van der Waals surface area contributed by atoms with Crippen LogP contribution in [0.2, 0.25) is 0 Å². The molecular formula is C22H18N4O3S. The minimum absolute atomic E-state index is 0.211. The van der Waals surface area contributed by atoms with Gasteiger partial charge in [0.25, 0.3) is 5.56 Å². The standard InChI is InChI=1S/C22H18N4O3S/c1-28-17-8-9-18(29-2)16(11-17)12-19-21(27)26-22(30-19)24-20(25-26)10-7-14-3-5-15(13-23)6-4-14/h3-6,8-9,11-12H,7,10H2,1-2H3/b19-12-. The monoisotopic (exact) mass is 418 g/mol. The molecule has 0 aliphatic heterocycles. The molecule has 0 unspecified atom stereocenters. The molecule has 4 rings (SSSR count). The van der Waals surface area contributed by atoms with Crippen LogP contribution in [0.25, 0.3) is 11.0 Å². The quantitative estimate of drug-likeness (QED) is 0.478. The lowest BCUT2D eigenvalue weighted by Gasteiger charge is -2.06. The Morgan fingerprint density at radius 1 is 1.13 bits per heavy atom. The Morgan fingerprint density at radius 2 is 1.93 bits per heavy atom. The van der Waals surface area contributed by atoms with Gasteiger partial charge in [0.1, 0.15) is 11.5 Å². The molecule has 4 aromatic rings. The first-order chi connectivity index (χ1) is 14.6. The molecule has 0 saturated carbocycles. The van der Waals surface area contributed by atoms with E-state index in [1.807, 2.05) is 18.2 Å². The molecule has 2 aromatic carbocycles. The van der Waals surface area contributed by atoms with Crippen molar-refractivity contribution in [1.29, 1.82) is 5.26 Å². The number of fused-ring (bicyclic) bond motifs is 1. The highest BCUT2D eigenvalue weighted by Gasteiger charge is 2.12. The Balaban J connectivity index is 1.60. The number of hydrogen-bond donors (Lipinski definition) is 0. The zero-order valence-electron chi connectivity index (χ0n) is 16.5. The zero-order chi connectivity index (χ0) is 21.1. The van der Waals surface area contributed by atoms with E-state index in [-0.39, 0.29) is 5.56 Å². The minimum atomic E-state index is -0.211. The van der Waals surface area contributed by atoms with Crippen LogP contribution >= 0.6 is 11.3 Å². The van der Waals surface area contributed by atoms with Gasteiger partial charge in [-0.2, -0.15) is 9.78 Å². The number of nitriles is 1. The number of nitrogens with zero attached hydrogens (tertiary/aromatic N) is 4. The SMILES string of the molecule is COc1ccc(OC)c(/C=c2\sc3nc(CCc4ccc(C#N)cc4)nn3c2=O)c1. The Labute approximate surface area is 176 Å². The number of aromatic nitrogens is 3. The second-order valence-corrected chi connectivity index (χ2v) is 7.56. The Bertz CT molecular complexity index is 1350. The molecule has 0 aliphatic carbocycles. The van der Waals surface area contributed by atoms with E-state index < -0.39 is 0 Å². The van der Waals surface area contributed by atoms with Crippen LogP contribution in [0.5, 0.6) is 11.5 Å². The predicted octanol–water partition coefficient (Wildman–Crippen LogP) is 2.37. The summed E-state index contributed by atoms with van der Waals surface area (Å²) in [5, 5.41) is 13.2. The second-order valence-electron chi connectivity index (χ2n) is 6.55. The molecule has 2 heterocycles. The van der Waals surface area contributed by atoms with Gasteiger partial charge in [-0.25, -0.2) is 4.98 Å². The van der Waals surface area contributed by atoms with Crippen molar-refractivity contribution in [3.8, 4) is 17.6 Å². The van der Waals surface area contributed by atoms with Crippen LogP contribution in [0, 0.1) is 11.3 Å². The summed E-state index contributed by atoms with van der Waals surface area (Å²) < 4.78 is 12.5. The van der Waals surface area contributed by atoms with Crippen molar-refractivity contribution in [1.82, 2.24) is 14.6 Å². The molecule has 0 radical (unpaired) electrons. The average Bonchev–Trinajstić information content (AvgIpc) is 3.31. The van der Waals surface area contributed by atoms with Crippen molar-refractivity contribution in [3.63, 3.8) is 0 Å². The first-order valence-electron chi connectivity index (χ1n) is 9.22. The molecule has 0 spiro atoms. The predicted molar refractivity (Wildman–Crippen MR) is 114 cm³/mol. The highest BCUT2D eigenvalue weighted by Crippen LogP contribution is 2.24. The van der Waals surface area contributed by atoms with E-state index in [2.05, 4.69) is 16.2 Å². The molecule has 0 aliphatic rings. The van der Waals surface area contributed by atoms with E-state index in [1.54, 1.807) is 44.6 Å². The van der Waals surface area contributed by atoms with Crippen molar-refractivity contribution in [2.24, 2.45) is 0 Å². The molecule has 7 nitrogen and oxygen atoms in total. The molecule has 0 atom stereocenters. The van der Waals surface area contributed by atoms with Crippen molar-refractivity contribution < 1.29 is 9.47 Å². The van der Waals surface area contributed by atoms with Gasteiger partial charge in [0.2, 0.25) is 4.96 Å². The average molecular weight is 418 g/mol. The Kier molecular flexibility index (Phi) is 5.46. The van der Waals surface area contributed by atoms with E-state index in [9.17, 15) is 4.79 Å². The molecule has 0 saturated heterocycles. The maximum atomic E-state index is 12.8. The molecule has 0 fully saturated rings. The fraction of sp³-hybridized carbons (Fsp3) is 0.182. The van der Waals surface area contributed by atoms with Gasteiger partial charge in [0, 0.05) is 12.0 Å². The molecule has 0 N–H and O–H groups in total. The molecule has 2 aromatic heterocycles. The number of aryl methyl sites for hydroxylation is 2. The van der Waals surface area contributed by atoms with Crippen LogP contribution in [-0.4, -0.2) is 28.8 Å². The second kappa shape index (κ2) is 8.35. The van der Waals surface area contributed by atoms with Gasteiger partial charge >= 0.3 is 0 Å². The number of thiazole rings is 1. The van der Waals surface area contributed by atoms with Crippen LogP contribution in [0.15, 0.2) is 47.3 Å². The lowest BCUT2D eigenvalue weighted by atomic mass is 10.1. The van der Waals surface area contributed by atoms with Crippen LogP contribution < -0.4 is 19.6 Å². The topological polar surface area (TPSA) is 89.5 Å². The third-order valence-electron chi connectivity index (χ3n) is 4.67. The first kappa shape index (κ1) is 19.6. The summed E-state index contributed by atoms with van der Waals surface area (Å²) in [6.07, 6.45) is 3.11. The van der Waals surface area contributed by atoms with Crippen molar-refractivity contribution in [2.45, 2.75) is 12.8 Å². The molecule has 0 bridgehead atoms. The fourth-order valence-corrected chi connectivity index (χ4v) is 3.99. The van der Waals surface area contributed by atoms with Crippen LogP contribution in [0.4, 0.5) is 0 Å². The van der Waals surface area contributed by atoms with Gasteiger partial charge in [0.05, 0.1) is 30.4 Å². The number of rotatable bonds is 6. The lowest BCUT2D eigenvalue weighted by molar-refractivity contribution is 0.402. The number of methoxy groups -OCH3 is 2. The smallest absolute Gasteiger partial charge is 0.291 e. The molecule has 8 heteroatoms. The Morgan fingerprint density at radius 3 is 2.60 bits per heavy atom. The van der Waals surface area contributed by atoms with E-state index >= 15 is 0 Å². The maximum Gasteiger partial charge on any atom is 0.291 e. The largest absolute Gasteiger partial charge is 0.497 e. The molecule has 0 amide bonds. The number of ether oxygens (including phenoxy) is 2. The fourth-order valence-electron chi connectivity index (χ4n) is 3.08. The van der Waals surface area contributed by atoms with E-state index in [0.29, 0.717) is 38.8 Å². The van der Waals surface area contributed by atoms with Gasteiger partial charge in [-0.15, -0.1) is 5.10 Å². The number of benzene rings is 2. The van der Waals surface area contributed by atoms with Crippen molar-refractivity contribution >= 4 is 22.4 Å². The number of hydrogen-bond acceptors (Lipinski definition) is 7. The normalized spacial score (nSPS) is 11.6. The molecular weight excluding hydrogens is 400 g/mol. The lowest BCUT2D eigenvalue weighted by Crippen LogP contribution is -2.24. The summed E-state index contributed by atoms with van der Waals surface area (Å²) in [5.41, 5.74) is 2.26. The molecule has 150 valence electrons. The van der Waals surface area contributed by atoms with Crippen LogP contribution in [0.3, 0.4) is 0 Å². The van der Waals surface area contributed by atoms with Crippen molar-refractivity contribution in [2.75, 3.05) is 14.2 Å². The molecule has 30 heavy (non-hydrogen) atoms. The van der Waals surface area contributed by atoms with Gasteiger partial charge in [-0.1, -0.05) is 23.5 Å². The summed E-state index contributed by atoms with van der Waals surface area (Å²) in [4.78, 5) is 17.8. The van der Waals surface area contributed by atoms with Gasteiger partial charge in [-0.3, -0.25) is 4.79 Å². The maximum absolute atomic E-state index is 12.8. The summed E-state index contributed by atoms with van der Waals surface area (Å²) in [5.74, 6) is 1.95. The van der Waals surface area contributed by atoms with Gasteiger partial charge < -0.3 is 9.47 Å². The van der Waals surface area contributed by atoms with Crippen LogP contribution in [0.1, 0.15) is 22.5 Å². The summed E-state index contributed by atoms with van der Waals surface area (Å²) in [6, 6.07) is 14.9. The summed E-state index contributed by atoms with van der Waals surface area (Å²) in [7, 11) is 3.17. The van der Waals surface area contributed by atoms with Gasteiger partial charge in [-0.05, 0) is 48.4 Å². The Hall–Kier alpha value is -3.70. The third-order valence-corrected chi connectivity index (χ3v) is 5.63. The highest BCUT2D eigenvalue weighted by atomic mass is 32.1. The van der Waals surface area contributed by atoms with E-state index in [1.165, 1.54) is 15.9 Å². The zero-order valence-corrected chi connectivity index (χ0v) is 17.3. The van der Waals surface area contributed by atoms with E-state index in [0.717, 1.165) is 17.5 Å². The highest BCUT2D eigenvalue weighted by molar-refractivity contribution is 7.15.